The Hall–Kier alpha value is -2.08. The first-order valence-corrected chi connectivity index (χ1v) is 9.07. The fourth-order valence-electron chi connectivity index (χ4n) is 2.11. The summed E-state index contributed by atoms with van der Waals surface area (Å²) in [5.74, 6) is 1.66. The van der Waals surface area contributed by atoms with E-state index < -0.39 is 0 Å². The van der Waals surface area contributed by atoms with Crippen molar-refractivity contribution < 1.29 is 4.74 Å². The summed E-state index contributed by atoms with van der Waals surface area (Å²) >= 11 is 1.70. The normalized spacial score (nSPS) is 12.8. The standard InChI is InChI=1S/C18H26N4OS/c1-5-19-18(21-12-17-22-14(3)15(4)24-17)20-11-13(2)23-16-9-7-6-8-10-16/h6-10,13H,5,11-12H2,1-4H3,(H2,19,20,21). The van der Waals surface area contributed by atoms with Crippen LogP contribution in [-0.4, -0.2) is 30.1 Å². The lowest BCUT2D eigenvalue weighted by molar-refractivity contribution is 0.224. The molecule has 0 aliphatic carbocycles. The van der Waals surface area contributed by atoms with E-state index in [2.05, 4.69) is 34.5 Å². The van der Waals surface area contributed by atoms with Gasteiger partial charge in [-0.15, -0.1) is 11.3 Å². The molecule has 0 aliphatic rings. The van der Waals surface area contributed by atoms with Crippen LogP contribution < -0.4 is 15.4 Å². The van der Waals surface area contributed by atoms with Gasteiger partial charge in [-0.05, 0) is 39.8 Å². The first kappa shape index (κ1) is 18.3. The van der Waals surface area contributed by atoms with E-state index in [0.29, 0.717) is 13.1 Å². The van der Waals surface area contributed by atoms with Gasteiger partial charge in [-0.1, -0.05) is 18.2 Å². The molecule has 0 radical (unpaired) electrons. The van der Waals surface area contributed by atoms with Crippen LogP contribution in [0.2, 0.25) is 0 Å². The van der Waals surface area contributed by atoms with Crippen LogP contribution in [0.15, 0.2) is 35.3 Å². The summed E-state index contributed by atoms with van der Waals surface area (Å²) < 4.78 is 5.87. The number of nitrogens with one attached hydrogen (secondary N) is 2. The number of rotatable bonds is 7. The molecule has 2 N–H and O–H groups in total. The molecule has 1 heterocycles. The number of aryl methyl sites for hydroxylation is 2. The Balaban J connectivity index is 1.86. The number of aromatic nitrogens is 1. The van der Waals surface area contributed by atoms with Crippen molar-refractivity contribution in [3.63, 3.8) is 0 Å². The molecule has 0 amide bonds. The highest BCUT2D eigenvalue weighted by molar-refractivity contribution is 7.11. The number of guanidine groups is 1. The Bertz CT molecular complexity index is 635. The molecule has 1 unspecified atom stereocenters. The monoisotopic (exact) mass is 346 g/mol. The van der Waals surface area contributed by atoms with Crippen molar-refractivity contribution in [2.45, 2.75) is 40.3 Å². The number of thiazole rings is 1. The zero-order chi connectivity index (χ0) is 17.4. The van der Waals surface area contributed by atoms with Crippen LogP contribution in [0.25, 0.3) is 0 Å². The number of para-hydroxylation sites is 1. The fourth-order valence-corrected chi connectivity index (χ4v) is 2.97. The predicted molar refractivity (Wildman–Crippen MR) is 101 cm³/mol. The van der Waals surface area contributed by atoms with Crippen molar-refractivity contribution in [2.24, 2.45) is 4.99 Å². The summed E-state index contributed by atoms with van der Waals surface area (Å²) in [6.07, 6.45) is 0.0422. The highest BCUT2D eigenvalue weighted by Crippen LogP contribution is 2.17. The SMILES string of the molecule is CCNC(=NCc1nc(C)c(C)s1)NCC(C)Oc1ccccc1. The minimum absolute atomic E-state index is 0.0422. The van der Waals surface area contributed by atoms with Crippen molar-refractivity contribution in [2.75, 3.05) is 13.1 Å². The number of hydrogen-bond donors (Lipinski definition) is 2. The molecule has 6 heteroatoms. The van der Waals surface area contributed by atoms with Gasteiger partial charge in [0.15, 0.2) is 5.96 Å². The van der Waals surface area contributed by atoms with Crippen LogP contribution in [0, 0.1) is 13.8 Å². The Morgan fingerprint density at radius 2 is 2.00 bits per heavy atom. The van der Waals surface area contributed by atoms with Crippen LogP contribution in [0.4, 0.5) is 0 Å². The van der Waals surface area contributed by atoms with Crippen molar-refractivity contribution in [1.29, 1.82) is 0 Å². The summed E-state index contributed by atoms with van der Waals surface area (Å²) in [6.45, 7) is 10.3. The molecule has 130 valence electrons. The van der Waals surface area contributed by atoms with Gasteiger partial charge in [0, 0.05) is 11.4 Å². The summed E-state index contributed by atoms with van der Waals surface area (Å²) in [4.78, 5) is 10.4. The number of ether oxygens (including phenoxy) is 1. The van der Waals surface area contributed by atoms with E-state index in [0.717, 1.165) is 29.0 Å². The van der Waals surface area contributed by atoms with Crippen LogP contribution in [0.5, 0.6) is 5.75 Å². The first-order chi connectivity index (χ1) is 11.6. The third-order valence-electron chi connectivity index (χ3n) is 3.43. The number of hydrogen-bond acceptors (Lipinski definition) is 4. The number of benzene rings is 1. The Morgan fingerprint density at radius 1 is 1.25 bits per heavy atom. The molecule has 0 fully saturated rings. The molecule has 5 nitrogen and oxygen atoms in total. The average Bonchev–Trinajstić information content (AvgIpc) is 2.89. The Morgan fingerprint density at radius 3 is 2.62 bits per heavy atom. The Kier molecular flexibility index (Phi) is 7.06. The van der Waals surface area contributed by atoms with Gasteiger partial charge in [-0.3, -0.25) is 0 Å². The van der Waals surface area contributed by atoms with E-state index in [9.17, 15) is 0 Å². The summed E-state index contributed by atoms with van der Waals surface area (Å²) in [5.41, 5.74) is 1.09. The lowest BCUT2D eigenvalue weighted by Gasteiger charge is -2.17. The number of aliphatic imine (C=N–C) groups is 1. The Labute approximate surface area is 148 Å². The summed E-state index contributed by atoms with van der Waals surface area (Å²) in [5, 5.41) is 7.61. The van der Waals surface area contributed by atoms with Crippen molar-refractivity contribution >= 4 is 17.3 Å². The van der Waals surface area contributed by atoms with Crippen molar-refractivity contribution in [3.8, 4) is 5.75 Å². The zero-order valence-corrected chi connectivity index (χ0v) is 15.6. The van der Waals surface area contributed by atoms with E-state index in [1.807, 2.05) is 44.2 Å². The van der Waals surface area contributed by atoms with Crippen molar-refractivity contribution in [3.05, 3.63) is 45.9 Å². The second kappa shape index (κ2) is 9.27. The highest BCUT2D eigenvalue weighted by atomic mass is 32.1. The lowest BCUT2D eigenvalue weighted by Crippen LogP contribution is -2.41. The quantitative estimate of drug-likeness (QED) is 0.597. The summed E-state index contributed by atoms with van der Waals surface area (Å²) in [6, 6.07) is 9.84. The van der Waals surface area contributed by atoms with Gasteiger partial charge in [0.1, 0.15) is 16.9 Å². The smallest absolute Gasteiger partial charge is 0.191 e. The molecule has 0 saturated heterocycles. The highest BCUT2D eigenvalue weighted by Gasteiger charge is 2.07. The van der Waals surface area contributed by atoms with Gasteiger partial charge in [-0.25, -0.2) is 9.98 Å². The van der Waals surface area contributed by atoms with Gasteiger partial charge in [-0.2, -0.15) is 0 Å². The fraction of sp³-hybridized carbons (Fsp3) is 0.444. The van der Waals surface area contributed by atoms with E-state index in [1.165, 1.54) is 4.88 Å². The van der Waals surface area contributed by atoms with Gasteiger partial charge in [0.05, 0.1) is 18.8 Å². The van der Waals surface area contributed by atoms with Crippen LogP contribution in [0.1, 0.15) is 29.4 Å². The van der Waals surface area contributed by atoms with Gasteiger partial charge in [0.2, 0.25) is 0 Å². The molecule has 1 aromatic carbocycles. The molecule has 2 aromatic rings. The lowest BCUT2D eigenvalue weighted by atomic mass is 10.3. The van der Waals surface area contributed by atoms with Crippen LogP contribution >= 0.6 is 11.3 Å². The summed E-state index contributed by atoms with van der Waals surface area (Å²) in [7, 11) is 0. The van der Waals surface area contributed by atoms with Gasteiger partial charge in [0.25, 0.3) is 0 Å². The third-order valence-corrected chi connectivity index (χ3v) is 4.48. The molecular weight excluding hydrogens is 320 g/mol. The molecule has 2 rings (SSSR count). The molecule has 24 heavy (non-hydrogen) atoms. The third kappa shape index (κ3) is 5.85. The zero-order valence-electron chi connectivity index (χ0n) is 14.8. The minimum Gasteiger partial charge on any atom is -0.489 e. The second-order valence-electron chi connectivity index (χ2n) is 5.57. The molecule has 0 saturated carbocycles. The van der Waals surface area contributed by atoms with Gasteiger partial charge >= 0.3 is 0 Å². The van der Waals surface area contributed by atoms with Gasteiger partial charge < -0.3 is 15.4 Å². The second-order valence-corrected chi connectivity index (χ2v) is 6.85. The molecule has 1 atom stereocenters. The van der Waals surface area contributed by atoms with E-state index in [1.54, 1.807) is 11.3 Å². The molecule has 0 spiro atoms. The average molecular weight is 347 g/mol. The topological polar surface area (TPSA) is 58.5 Å². The maximum Gasteiger partial charge on any atom is 0.191 e. The number of nitrogens with zero attached hydrogens (tertiary/aromatic N) is 2. The maximum absolute atomic E-state index is 5.87. The first-order valence-electron chi connectivity index (χ1n) is 8.25. The van der Waals surface area contributed by atoms with Crippen LogP contribution in [-0.2, 0) is 6.54 Å². The molecular formula is C18H26N4OS. The predicted octanol–water partition coefficient (Wildman–Crippen LogP) is 3.28. The van der Waals surface area contributed by atoms with E-state index in [-0.39, 0.29) is 6.10 Å². The van der Waals surface area contributed by atoms with Crippen LogP contribution in [0.3, 0.4) is 0 Å². The van der Waals surface area contributed by atoms with Crippen molar-refractivity contribution in [1.82, 2.24) is 15.6 Å². The maximum atomic E-state index is 5.87. The largest absolute Gasteiger partial charge is 0.489 e. The molecule has 1 aromatic heterocycles. The van der Waals surface area contributed by atoms with E-state index in [4.69, 9.17) is 4.74 Å². The molecule has 0 aliphatic heterocycles. The molecule has 0 bridgehead atoms. The van der Waals surface area contributed by atoms with E-state index >= 15 is 0 Å². The minimum atomic E-state index is 0.0422.